The molecule has 0 amide bonds. The van der Waals surface area contributed by atoms with Gasteiger partial charge < -0.3 is 16.2 Å². The van der Waals surface area contributed by atoms with E-state index in [0.717, 1.165) is 22.4 Å². The van der Waals surface area contributed by atoms with Gasteiger partial charge in [0, 0.05) is 29.2 Å². The van der Waals surface area contributed by atoms with E-state index in [1.807, 2.05) is 25.1 Å². The summed E-state index contributed by atoms with van der Waals surface area (Å²) in [7, 11) is 1.64. The lowest BCUT2D eigenvalue weighted by molar-refractivity contribution is 0.407. The first kappa shape index (κ1) is 12.4. The highest BCUT2D eigenvalue weighted by atomic mass is 16.5. The van der Waals surface area contributed by atoms with Crippen LogP contribution in [0.25, 0.3) is 0 Å². The molecule has 4 N–H and O–H groups in total. The zero-order valence-corrected chi connectivity index (χ0v) is 10.6. The average molecular weight is 243 g/mol. The smallest absolute Gasteiger partial charge is 0.124 e. The second kappa shape index (κ2) is 5.06. The molecule has 0 fully saturated rings. The van der Waals surface area contributed by atoms with Gasteiger partial charge in [-0.05, 0) is 24.6 Å². The zero-order chi connectivity index (χ0) is 13.1. The molecule has 18 heavy (non-hydrogen) atoms. The Kier molecular flexibility index (Phi) is 3.48. The predicted molar refractivity (Wildman–Crippen MR) is 72.4 cm³/mol. The van der Waals surface area contributed by atoms with Crippen molar-refractivity contribution in [3.8, 4) is 5.75 Å². The Balaban J connectivity index is 2.46. The van der Waals surface area contributed by atoms with Gasteiger partial charge in [-0.1, -0.05) is 12.1 Å². The van der Waals surface area contributed by atoms with Gasteiger partial charge in [0.05, 0.1) is 13.2 Å². The fourth-order valence-corrected chi connectivity index (χ4v) is 1.92. The van der Waals surface area contributed by atoms with Gasteiger partial charge in [-0.25, -0.2) is 0 Å². The van der Waals surface area contributed by atoms with Crippen molar-refractivity contribution in [1.82, 2.24) is 4.98 Å². The third-order valence-electron chi connectivity index (χ3n) is 2.95. The monoisotopic (exact) mass is 243 g/mol. The minimum atomic E-state index is -0.339. The van der Waals surface area contributed by atoms with Gasteiger partial charge in [0.1, 0.15) is 5.75 Å². The van der Waals surface area contributed by atoms with Crippen molar-refractivity contribution in [1.29, 1.82) is 0 Å². The lowest BCUT2D eigenvalue weighted by Crippen LogP contribution is -2.15. The van der Waals surface area contributed by atoms with Gasteiger partial charge in [0.25, 0.3) is 0 Å². The molecular formula is C14H17N3O. The molecule has 0 aliphatic heterocycles. The molecule has 0 aliphatic carbocycles. The Morgan fingerprint density at radius 2 is 2.00 bits per heavy atom. The van der Waals surface area contributed by atoms with Crippen molar-refractivity contribution in [2.24, 2.45) is 5.73 Å². The molecule has 1 unspecified atom stereocenters. The summed E-state index contributed by atoms with van der Waals surface area (Å²) in [5.74, 6) is 0.769. The maximum absolute atomic E-state index is 6.24. The SMILES string of the molecule is COc1cc(C)ccc1C(N)c1cnccc1N. The average Bonchev–Trinajstić information content (AvgIpc) is 2.38. The number of hydrogen-bond acceptors (Lipinski definition) is 4. The van der Waals surface area contributed by atoms with Crippen LogP contribution in [0.2, 0.25) is 0 Å². The fraction of sp³-hybridized carbons (Fsp3) is 0.214. The van der Waals surface area contributed by atoms with E-state index >= 15 is 0 Å². The van der Waals surface area contributed by atoms with Crippen LogP contribution in [0.4, 0.5) is 5.69 Å². The number of hydrogen-bond donors (Lipinski definition) is 2. The van der Waals surface area contributed by atoms with E-state index in [1.54, 1.807) is 25.6 Å². The third-order valence-corrected chi connectivity index (χ3v) is 2.95. The van der Waals surface area contributed by atoms with Gasteiger partial charge >= 0.3 is 0 Å². The summed E-state index contributed by atoms with van der Waals surface area (Å²) in [6.07, 6.45) is 3.34. The van der Waals surface area contributed by atoms with E-state index in [1.165, 1.54) is 0 Å². The molecule has 1 aromatic heterocycles. The van der Waals surface area contributed by atoms with Gasteiger partial charge in [-0.2, -0.15) is 0 Å². The predicted octanol–water partition coefficient (Wildman–Crippen LogP) is 2.03. The second-order valence-corrected chi connectivity index (χ2v) is 4.23. The number of methoxy groups -OCH3 is 1. The minimum absolute atomic E-state index is 0.339. The molecule has 0 saturated carbocycles. The first-order valence-corrected chi connectivity index (χ1v) is 5.73. The van der Waals surface area contributed by atoms with Crippen LogP contribution >= 0.6 is 0 Å². The zero-order valence-electron chi connectivity index (χ0n) is 10.6. The number of aromatic nitrogens is 1. The molecule has 2 rings (SSSR count). The number of aryl methyl sites for hydroxylation is 1. The maximum Gasteiger partial charge on any atom is 0.124 e. The van der Waals surface area contributed by atoms with Crippen LogP contribution in [0.3, 0.4) is 0 Å². The number of nitrogens with zero attached hydrogens (tertiary/aromatic N) is 1. The van der Waals surface area contributed by atoms with Crippen LogP contribution in [0, 0.1) is 6.92 Å². The van der Waals surface area contributed by atoms with Gasteiger partial charge in [0.15, 0.2) is 0 Å². The number of rotatable bonds is 3. The maximum atomic E-state index is 6.24. The molecule has 0 radical (unpaired) electrons. The first-order valence-electron chi connectivity index (χ1n) is 5.73. The quantitative estimate of drug-likeness (QED) is 0.865. The van der Waals surface area contributed by atoms with Crippen LogP contribution in [0.15, 0.2) is 36.7 Å². The van der Waals surface area contributed by atoms with Crippen molar-refractivity contribution < 1.29 is 4.74 Å². The van der Waals surface area contributed by atoms with Crippen LogP contribution in [0.1, 0.15) is 22.7 Å². The fourth-order valence-electron chi connectivity index (χ4n) is 1.92. The number of pyridine rings is 1. The number of nitrogen functional groups attached to an aromatic ring is 1. The molecule has 4 nitrogen and oxygen atoms in total. The summed E-state index contributed by atoms with van der Waals surface area (Å²) in [5, 5.41) is 0. The third kappa shape index (κ3) is 2.28. The van der Waals surface area contributed by atoms with E-state index < -0.39 is 0 Å². The molecule has 1 aromatic carbocycles. The molecule has 0 bridgehead atoms. The Labute approximate surface area is 107 Å². The van der Waals surface area contributed by atoms with Crippen molar-refractivity contribution in [2.75, 3.05) is 12.8 Å². The summed E-state index contributed by atoms with van der Waals surface area (Å²) in [6.45, 7) is 2.01. The van der Waals surface area contributed by atoms with Crippen molar-refractivity contribution >= 4 is 5.69 Å². The van der Waals surface area contributed by atoms with Crippen LogP contribution in [0.5, 0.6) is 5.75 Å². The highest BCUT2D eigenvalue weighted by Gasteiger charge is 2.16. The van der Waals surface area contributed by atoms with E-state index in [0.29, 0.717) is 5.69 Å². The van der Waals surface area contributed by atoms with Crippen LogP contribution in [-0.2, 0) is 0 Å². The largest absolute Gasteiger partial charge is 0.496 e. The second-order valence-electron chi connectivity index (χ2n) is 4.23. The van der Waals surface area contributed by atoms with E-state index in [9.17, 15) is 0 Å². The molecule has 0 saturated heterocycles. The summed E-state index contributed by atoms with van der Waals surface area (Å²) in [6, 6.07) is 7.34. The van der Waals surface area contributed by atoms with Crippen LogP contribution in [-0.4, -0.2) is 12.1 Å². The Morgan fingerprint density at radius 3 is 2.67 bits per heavy atom. The first-order chi connectivity index (χ1) is 8.63. The molecule has 94 valence electrons. The Morgan fingerprint density at radius 1 is 1.22 bits per heavy atom. The van der Waals surface area contributed by atoms with Crippen LogP contribution < -0.4 is 16.2 Å². The lowest BCUT2D eigenvalue weighted by Gasteiger charge is -2.17. The van der Waals surface area contributed by atoms with E-state index in [4.69, 9.17) is 16.2 Å². The van der Waals surface area contributed by atoms with Crippen molar-refractivity contribution in [2.45, 2.75) is 13.0 Å². The molecule has 0 spiro atoms. The van der Waals surface area contributed by atoms with E-state index in [2.05, 4.69) is 4.98 Å². The highest BCUT2D eigenvalue weighted by molar-refractivity contribution is 5.52. The number of ether oxygens (including phenoxy) is 1. The van der Waals surface area contributed by atoms with Gasteiger partial charge in [-0.15, -0.1) is 0 Å². The topological polar surface area (TPSA) is 74.2 Å². The molecule has 0 aliphatic rings. The van der Waals surface area contributed by atoms with Crippen molar-refractivity contribution in [3.05, 3.63) is 53.3 Å². The van der Waals surface area contributed by atoms with Gasteiger partial charge in [-0.3, -0.25) is 4.98 Å². The summed E-state index contributed by atoms with van der Waals surface area (Å²) in [5.41, 5.74) is 15.6. The highest BCUT2D eigenvalue weighted by Crippen LogP contribution is 2.31. The lowest BCUT2D eigenvalue weighted by atomic mass is 9.98. The summed E-state index contributed by atoms with van der Waals surface area (Å²) in [4.78, 5) is 4.06. The van der Waals surface area contributed by atoms with Gasteiger partial charge in [0.2, 0.25) is 0 Å². The molecule has 1 atom stereocenters. The molecular weight excluding hydrogens is 226 g/mol. The standard InChI is InChI=1S/C14H17N3O/c1-9-3-4-10(13(7-9)18-2)14(16)11-8-17-6-5-12(11)15/h3-8,14H,16H2,1-2H3,(H2,15,17). The minimum Gasteiger partial charge on any atom is -0.496 e. The molecule has 4 heteroatoms. The summed E-state index contributed by atoms with van der Waals surface area (Å²) < 4.78 is 5.37. The number of anilines is 1. The molecule has 1 heterocycles. The summed E-state index contributed by atoms with van der Waals surface area (Å²) >= 11 is 0. The number of benzene rings is 1. The number of nitrogens with two attached hydrogens (primary N) is 2. The van der Waals surface area contributed by atoms with Crippen molar-refractivity contribution in [3.63, 3.8) is 0 Å². The Hall–Kier alpha value is -2.07. The normalized spacial score (nSPS) is 12.2. The Bertz CT molecular complexity index is 554. The van der Waals surface area contributed by atoms with E-state index in [-0.39, 0.29) is 6.04 Å². The molecule has 2 aromatic rings.